The third-order valence-corrected chi connectivity index (χ3v) is 5.20. The van der Waals surface area contributed by atoms with Crippen LogP contribution in [-0.4, -0.2) is 20.6 Å². The summed E-state index contributed by atoms with van der Waals surface area (Å²) in [5, 5.41) is 12.4. The average molecular weight is 458 g/mol. The molecule has 0 radical (unpaired) electrons. The van der Waals surface area contributed by atoms with Crippen LogP contribution in [0.15, 0.2) is 65.7 Å². The molecule has 4 rings (SSSR count). The monoisotopic (exact) mass is 457 g/mol. The Bertz CT molecular complexity index is 1370. The first-order chi connectivity index (χ1) is 14.8. The Morgan fingerprint density at radius 2 is 1.81 bits per heavy atom. The molecular weight excluding hydrogens is 444 g/mol. The Morgan fingerprint density at radius 3 is 2.52 bits per heavy atom. The fourth-order valence-corrected chi connectivity index (χ4v) is 3.63. The Labute approximate surface area is 185 Å². The summed E-state index contributed by atoms with van der Waals surface area (Å²) in [6.07, 6.45) is 1.38. The van der Waals surface area contributed by atoms with Crippen LogP contribution < -0.4 is 10.9 Å². The van der Waals surface area contributed by atoms with Crippen LogP contribution in [0.1, 0.15) is 15.9 Å². The van der Waals surface area contributed by atoms with Gasteiger partial charge in [-0.25, -0.2) is 9.37 Å². The summed E-state index contributed by atoms with van der Waals surface area (Å²) in [7, 11) is 0. The first-order valence-corrected chi connectivity index (χ1v) is 9.81. The second-order valence-corrected chi connectivity index (χ2v) is 7.56. The van der Waals surface area contributed by atoms with Gasteiger partial charge >= 0.3 is 0 Å². The van der Waals surface area contributed by atoms with Crippen molar-refractivity contribution in [2.24, 2.45) is 0 Å². The van der Waals surface area contributed by atoms with E-state index in [0.29, 0.717) is 11.1 Å². The highest BCUT2D eigenvalue weighted by atomic mass is 35.5. The molecule has 0 unspecified atom stereocenters. The van der Waals surface area contributed by atoms with Gasteiger partial charge in [0.15, 0.2) is 5.75 Å². The van der Waals surface area contributed by atoms with Crippen LogP contribution in [0, 0.1) is 5.82 Å². The van der Waals surface area contributed by atoms with Crippen LogP contribution in [0.25, 0.3) is 10.9 Å². The second-order valence-electron chi connectivity index (χ2n) is 6.75. The predicted octanol–water partition coefficient (Wildman–Crippen LogP) is 4.85. The van der Waals surface area contributed by atoms with Gasteiger partial charge in [-0.3, -0.25) is 14.2 Å². The van der Waals surface area contributed by atoms with E-state index in [-0.39, 0.29) is 39.0 Å². The number of hydrogen-bond acceptors (Lipinski definition) is 4. The van der Waals surface area contributed by atoms with Crippen molar-refractivity contribution in [3.05, 3.63) is 98.3 Å². The Kier molecular flexibility index (Phi) is 5.63. The fourth-order valence-electron chi connectivity index (χ4n) is 3.14. The van der Waals surface area contributed by atoms with Crippen LogP contribution >= 0.6 is 23.2 Å². The van der Waals surface area contributed by atoms with Gasteiger partial charge in [0, 0.05) is 5.56 Å². The number of aromatic nitrogens is 2. The van der Waals surface area contributed by atoms with Crippen molar-refractivity contribution in [2.45, 2.75) is 6.54 Å². The molecule has 0 aliphatic rings. The molecule has 0 atom stereocenters. The second kappa shape index (κ2) is 8.37. The molecule has 0 aliphatic carbocycles. The van der Waals surface area contributed by atoms with Gasteiger partial charge in [-0.05, 0) is 42.0 Å². The van der Waals surface area contributed by atoms with Crippen molar-refractivity contribution in [3.8, 4) is 5.75 Å². The quantitative estimate of drug-likeness (QED) is 0.458. The highest BCUT2D eigenvalue weighted by molar-refractivity contribution is 6.37. The Balaban J connectivity index is 1.73. The highest BCUT2D eigenvalue weighted by Crippen LogP contribution is 2.33. The number of nitrogens with zero attached hydrogens (tertiary/aromatic N) is 2. The average Bonchev–Trinajstić information content (AvgIpc) is 2.73. The van der Waals surface area contributed by atoms with Gasteiger partial charge in [-0.1, -0.05) is 41.4 Å². The summed E-state index contributed by atoms with van der Waals surface area (Å²) in [6, 6.07) is 13.3. The molecule has 0 fully saturated rings. The zero-order chi connectivity index (χ0) is 22.1. The third kappa shape index (κ3) is 4.23. The lowest BCUT2D eigenvalue weighted by Crippen LogP contribution is -2.23. The minimum atomic E-state index is -0.573. The van der Waals surface area contributed by atoms with Crippen LogP contribution in [-0.2, 0) is 6.54 Å². The van der Waals surface area contributed by atoms with Crippen molar-refractivity contribution >= 4 is 45.7 Å². The number of carbonyl (C=O) groups is 1. The summed E-state index contributed by atoms with van der Waals surface area (Å²) in [4.78, 5) is 30.1. The predicted molar refractivity (Wildman–Crippen MR) is 118 cm³/mol. The first-order valence-electron chi connectivity index (χ1n) is 9.05. The maximum atomic E-state index is 13.5. The number of phenols is 1. The zero-order valence-corrected chi connectivity index (χ0v) is 17.3. The first kappa shape index (κ1) is 20.8. The lowest BCUT2D eigenvalue weighted by atomic mass is 10.1. The number of carbonyl (C=O) groups excluding carboxylic acids is 1. The lowest BCUT2D eigenvalue weighted by molar-refractivity contribution is 0.102. The molecule has 0 saturated carbocycles. The number of amides is 1. The number of aromatic hydroxyl groups is 1. The summed E-state index contributed by atoms with van der Waals surface area (Å²) in [5.74, 6) is -1.30. The zero-order valence-electron chi connectivity index (χ0n) is 15.8. The standard InChI is InChI=1S/C22H14Cl2FN3O3/c23-15-8-13(9-16(24)20(15)29)21(30)27-18-6-2-5-17-19(18)22(31)28(11-26-17)10-12-3-1-4-14(25)7-12/h1-9,11,29H,10H2,(H,27,30). The SMILES string of the molecule is O=C(Nc1cccc2ncn(Cc3cccc(F)c3)c(=O)c12)c1cc(Cl)c(O)c(Cl)c1. The van der Waals surface area contributed by atoms with E-state index in [1.807, 2.05) is 0 Å². The summed E-state index contributed by atoms with van der Waals surface area (Å²) in [5.41, 5.74) is 0.938. The van der Waals surface area contributed by atoms with E-state index < -0.39 is 17.3 Å². The number of anilines is 1. The Morgan fingerprint density at radius 1 is 1.10 bits per heavy atom. The largest absolute Gasteiger partial charge is 0.505 e. The smallest absolute Gasteiger partial charge is 0.263 e. The van der Waals surface area contributed by atoms with Gasteiger partial charge in [0.05, 0.1) is 39.5 Å². The van der Waals surface area contributed by atoms with Crippen molar-refractivity contribution in [1.82, 2.24) is 9.55 Å². The molecule has 31 heavy (non-hydrogen) atoms. The van der Waals surface area contributed by atoms with E-state index in [1.54, 1.807) is 30.3 Å². The maximum Gasteiger partial charge on any atom is 0.263 e. The molecule has 1 heterocycles. The fraction of sp³-hybridized carbons (Fsp3) is 0.0455. The van der Waals surface area contributed by atoms with Crippen molar-refractivity contribution in [1.29, 1.82) is 0 Å². The van der Waals surface area contributed by atoms with Crippen LogP contribution in [0.3, 0.4) is 0 Å². The van der Waals surface area contributed by atoms with Gasteiger partial charge in [0.1, 0.15) is 5.82 Å². The molecule has 0 aliphatic heterocycles. The van der Waals surface area contributed by atoms with Gasteiger partial charge in [0.2, 0.25) is 0 Å². The molecule has 3 aromatic carbocycles. The molecule has 0 spiro atoms. The molecule has 156 valence electrons. The van der Waals surface area contributed by atoms with E-state index in [2.05, 4.69) is 10.3 Å². The summed E-state index contributed by atoms with van der Waals surface area (Å²) < 4.78 is 14.8. The van der Waals surface area contributed by atoms with Crippen molar-refractivity contribution < 1.29 is 14.3 Å². The molecule has 6 nitrogen and oxygen atoms in total. The third-order valence-electron chi connectivity index (χ3n) is 4.62. The Hall–Kier alpha value is -3.42. The number of rotatable bonds is 4. The van der Waals surface area contributed by atoms with Gasteiger partial charge < -0.3 is 10.4 Å². The van der Waals surface area contributed by atoms with E-state index in [4.69, 9.17) is 23.2 Å². The van der Waals surface area contributed by atoms with Crippen LogP contribution in [0.5, 0.6) is 5.75 Å². The van der Waals surface area contributed by atoms with Gasteiger partial charge in [0.25, 0.3) is 11.5 Å². The van der Waals surface area contributed by atoms with Crippen LogP contribution in [0.2, 0.25) is 10.0 Å². The van der Waals surface area contributed by atoms with Gasteiger partial charge in [-0.15, -0.1) is 0 Å². The number of benzene rings is 3. The molecule has 4 aromatic rings. The van der Waals surface area contributed by atoms with Crippen LogP contribution in [0.4, 0.5) is 10.1 Å². The molecule has 9 heteroatoms. The molecule has 1 amide bonds. The minimum Gasteiger partial charge on any atom is -0.505 e. The minimum absolute atomic E-state index is 0.0744. The summed E-state index contributed by atoms with van der Waals surface area (Å²) in [6.45, 7) is 0.116. The molecule has 0 bridgehead atoms. The number of halogens is 3. The number of nitrogens with one attached hydrogen (secondary N) is 1. The molecule has 2 N–H and O–H groups in total. The molecule has 0 saturated heterocycles. The normalized spacial score (nSPS) is 10.9. The van der Waals surface area contributed by atoms with Crippen molar-refractivity contribution in [3.63, 3.8) is 0 Å². The number of phenolic OH excluding ortho intramolecular Hbond substituents is 1. The van der Waals surface area contributed by atoms with E-state index in [1.165, 1.54) is 35.2 Å². The van der Waals surface area contributed by atoms with E-state index >= 15 is 0 Å². The topological polar surface area (TPSA) is 84.2 Å². The maximum absolute atomic E-state index is 13.5. The summed E-state index contributed by atoms with van der Waals surface area (Å²) >= 11 is 11.8. The lowest BCUT2D eigenvalue weighted by Gasteiger charge is -2.12. The van der Waals surface area contributed by atoms with E-state index in [9.17, 15) is 19.1 Å². The molecule has 1 aromatic heterocycles. The highest BCUT2D eigenvalue weighted by Gasteiger charge is 2.16. The van der Waals surface area contributed by atoms with Gasteiger partial charge in [-0.2, -0.15) is 0 Å². The van der Waals surface area contributed by atoms with Crippen molar-refractivity contribution in [2.75, 3.05) is 5.32 Å². The van der Waals surface area contributed by atoms with E-state index in [0.717, 1.165) is 0 Å². The number of hydrogen-bond donors (Lipinski definition) is 2. The number of fused-ring (bicyclic) bond motifs is 1. The molecular formula is C22H14Cl2FN3O3.